The number of hydrogen-bond acceptors (Lipinski definition) is 5. The summed E-state index contributed by atoms with van der Waals surface area (Å²) < 4.78 is 0. The van der Waals surface area contributed by atoms with Crippen molar-refractivity contribution in [2.24, 2.45) is 0 Å². The number of anilines is 2. The summed E-state index contributed by atoms with van der Waals surface area (Å²) in [6.07, 6.45) is 10.9. The molecule has 0 spiro atoms. The van der Waals surface area contributed by atoms with Crippen LogP contribution in [0, 0.1) is 0 Å². The van der Waals surface area contributed by atoms with Crippen LogP contribution < -0.4 is 10.4 Å². The number of piperidine rings is 2. The van der Waals surface area contributed by atoms with Crippen LogP contribution in [0.2, 0.25) is 0 Å². The minimum atomic E-state index is -1.26. The standard InChI is InChI=1S/C28H36N4OS.C4H4O4/c1-3-20(2)33-32(23-9-5-4-6-10-23)28(34)30-22-12-13-27-25(18-22)26(19-29-27)21-14-16-31-15-8-7-11-24(31)17-21;5-3(6)1-2-4(7)8/h4-6,9-10,12-13,18-21,24,29H,3,7-8,11,14-17H2,1-2H3,(H,30,34);1-2H,(H,5,6)(H,7,8). The van der Waals surface area contributed by atoms with E-state index in [1.54, 1.807) is 5.06 Å². The van der Waals surface area contributed by atoms with E-state index in [4.69, 9.17) is 27.3 Å². The summed E-state index contributed by atoms with van der Waals surface area (Å²) in [7, 11) is 0. The molecular formula is C32H40N4O5S. The van der Waals surface area contributed by atoms with E-state index in [0.717, 1.165) is 23.8 Å². The van der Waals surface area contributed by atoms with Crippen LogP contribution in [-0.2, 0) is 14.4 Å². The van der Waals surface area contributed by atoms with Crippen molar-refractivity contribution in [3.05, 3.63) is 72.4 Å². The van der Waals surface area contributed by atoms with Crippen LogP contribution in [0.3, 0.4) is 0 Å². The fourth-order valence-electron chi connectivity index (χ4n) is 5.59. The molecule has 2 aliphatic heterocycles. The van der Waals surface area contributed by atoms with E-state index < -0.39 is 11.9 Å². The first-order chi connectivity index (χ1) is 20.2. The van der Waals surface area contributed by atoms with Crippen molar-refractivity contribution >= 4 is 51.5 Å². The van der Waals surface area contributed by atoms with Gasteiger partial charge in [0.1, 0.15) is 0 Å². The summed E-state index contributed by atoms with van der Waals surface area (Å²) in [6, 6.07) is 17.3. The molecule has 3 atom stereocenters. The Morgan fingerprint density at radius 2 is 1.86 bits per heavy atom. The summed E-state index contributed by atoms with van der Waals surface area (Å²) in [6.45, 7) is 6.69. The van der Waals surface area contributed by atoms with E-state index in [0.29, 0.717) is 23.2 Å². The second kappa shape index (κ2) is 14.9. The lowest BCUT2D eigenvalue weighted by Crippen LogP contribution is -2.44. The fourth-order valence-corrected chi connectivity index (χ4v) is 5.86. The van der Waals surface area contributed by atoms with Gasteiger partial charge in [-0.05, 0) is 106 Å². The van der Waals surface area contributed by atoms with Gasteiger partial charge in [0.05, 0.1) is 11.8 Å². The third kappa shape index (κ3) is 8.40. The number of hydroxylamine groups is 1. The molecule has 3 heterocycles. The summed E-state index contributed by atoms with van der Waals surface area (Å²) in [5, 5.41) is 22.6. The molecule has 0 saturated carbocycles. The highest BCUT2D eigenvalue weighted by atomic mass is 32.1. The van der Waals surface area contributed by atoms with Gasteiger partial charge in [-0.2, -0.15) is 5.06 Å². The molecule has 42 heavy (non-hydrogen) atoms. The number of hydrogen-bond donors (Lipinski definition) is 4. The number of fused-ring (bicyclic) bond motifs is 2. The molecular weight excluding hydrogens is 552 g/mol. The number of carboxylic acids is 2. The number of para-hydroxylation sites is 1. The monoisotopic (exact) mass is 592 g/mol. The van der Waals surface area contributed by atoms with Crippen LogP contribution in [0.1, 0.15) is 63.9 Å². The molecule has 5 rings (SSSR count). The lowest BCUT2D eigenvalue weighted by Gasteiger charge is -2.42. The number of nitrogens with one attached hydrogen (secondary N) is 2. The molecule has 0 aliphatic carbocycles. The number of rotatable bonds is 8. The van der Waals surface area contributed by atoms with Crippen molar-refractivity contribution in [1.82, 2.24) is 9.88 Å². The van der Waals surface area contributed by atoms with Gasteiger partial charge in [-0.3, -0.25) is 4.84 Å². The van der Waals surface area contributed by atoms with Crippen molar-refractivity contribution < 1.29 is 24.6 Å². The molecule has 1 aromatic heterocycles. The second-order valence-electron chi connectivity index (χ2n) is 10.8. The normalized spacial score (nSPS) is 19.4. The molecule has 2 saturated heterocycles. The molecule has 2 aliphatic rings. The molecule has 2 aromatic carbocycles. The Kier molecular flexibility index (Phi) is 11.1. The Labute approximate surface area is 252 Å². The lowest BCUT2D eigenvalue weighted by molar-refractivity contribution is -0.134. The maximum absolute atomic E-state index is 9.55. The van der Waals surface area contributed by atoms with Crippen molar-refractivity contribution in [2.45, 2.75) is 70.4 Å². The number of aliphatic carboxylic acids is 2. The van der Waals surface area contributed by atoms with Crippen molar-refractivity contribution in [3.8, 4) is 0 Å². The van der Waals surface area contributed by atoms with Gasteiger partial charge in [0.2, 0.25) is 5.11 Å². The molecule has 0 bridgehead atoms. The van der Waals surface area contributed by atoms with Crippen LogP contribution in [-0.4, -0.2) is 62.4 Å². The van der Waals surface area contributed by atoms with Crippen molar-refractivity contribution in [2.75, 3.05) is 23.5 Å². The molecule has 0 amide bonds. The number of thiocarbonyl (C=S) groups is 1. The van der Waals surface area contributed by atoms with Crippen LogP contribution >= 0.6 is 12.2 Å². The van der Waals surface area contributed by atoms with Gasteiger partial charge in [-0.15, -0.1) is 0 Å². The largest absolute Gasteiger partial charge is 0.478 e. The zero-order chi connectivity index (χ0) is 30.1. The van der Waals surface area contributed by atoms with E-state index in [-0.39, 0.29) is 6.10 Å². The highest BCUT2D eigenvalue weighted by molar-refractivity contribution is 7.80. The predicted molar refractivity (Wildman–Crippen MR) is 170 cm³/mol. The third-order valence-electron chi connectivity index (χ3n) is 7.88. The van der Waals surface area contributed by atoms with Gasteiger partial charge in [0, 0.05) is 41.0 Å². The van der Waals surface area contributed by atoms with E-state index in [1.807, 2.05) is 30.3 Å². The smallest absolute Gasteiger partial charge is 0.328 e. The number of nitrogens with zero attached hydrogens (tertiary/aromatic N) is 2. The summed E-state index contributed by atoms with van der Waals surface area (Å²) in [4.78, 5) is 31.5. The van der Waals surface area contributed by atoms with Gasteiger partial charge >= 0.3 is 11.9 Å². The average Bonchev–Trinajstić information content (AvgIpc) is 3.42. The van der Waals surface area contributed by atoms with E-state index in [9.17, 15) is 9.59 Å². The SMILES string of the molecule is CCC(C)ON(C(=S)Nc1ccc2[nH]cc(C3CCN4CCCCC4C3)c2c1)c1ccccc1.O=C(O)C=CC(=O)O. The zero-order valence-corrected chi connectivity index (χ0v) is 25.0. The molecule has 224 valence electrons. The first kappa shape index (κ1) is 31.2. The Balaban J connectivity index is 0.000000446. The van der Waals surface area contributed by atoms with Gasteiger partial charge in [0.25, 0.3) is 0 Å². The maximum atomic E-state index is 9.55. The highest BCUT2D eigenvalue weighted by Gasteiger charge is 2.31. The number of benzene rings is 2. The molecule has 9 nitrogen and oxygen atoms in total. The summed E-state index contributed by atoms with van der Waals surface area (Å²) in [5.74, 6) is -1.90. The Morgan fingerprint density at radius 3 is 2.55 bits per heavy atom. The number of carbonyl (C=O) groups is 2. The van der Waals surface area contributed by atoms with Gasteiger partial charge in [-0.25, -0.2) is 9.59 Å². The number of aromatic nitrogens is 1. The predicted octanol–water partition coefficient (Wildman–Crippen LogP) is 6.55. The first-order valence-corrected chi connectivity index (χ1v) is 15.0. The summed E-state index contributed by atoms with van der Waals surface area (Å²) >= 11 is 5.81. The minimum absolute atomic E-state index is 0.0596. The Morgan fingerprint density at radius 1 is 1.12 bits per heavy atom. The minimum Gasteiger partial charge on any atom is -0.478 e. The second-order valence-corrected chi connectivity index (χ2v) is 11.2. The lowest BCUT2D eigenvalue weighted by atomic mass is 9.82. The number of aromatic amines is 1. The van der Waals surface area contributed by atoms with Gasteiger partial charge in [-0.1, -0.05) is 31.5 Å². The summed E-state index contributed by atoms with van der Waals surface area (Å²) in [5.41, 5.74) is 4.55. The van der Waals surface area contributed by atoms with Gasteiger partial charge in [0.15, 0.2) is 0 Å². The van der Waals surface area contributed by atoms with Crippen LogP contribution in [0.5, 0.6) is 0 Å². The average molecular weight is 593 g/mol. The Bertz CT molecular complexity index is 1380. The molecule has 0 radical (unpaired) electrons. The number of carboxylic acid groups (broad SMARTS) is 2. The Hall–Kier alpha value is -3.73. The third-order valence-corrected chi connectivity index (χ3v) is 8.15. The molecule has 3 unspecified atom stereocenters. The molecule has 3 aromatic rings. The molecule has 4 N–H and O–H groups in total. The van der Waals surface area contributed by atoms with E-state index >= 15 is 0 Å². The fraction of sp³-hybridized carbons (Fsp3) is 0.406. The maximum Gasteiger partial charge on any atom is 0.328 e. The van der Waals surface area contributed by atoms with E-state index in [1.165, 1.54) is 61.7 Å². The van der Waals surface area contributed by atoms with Crippen LogP contribution in [0.4, 0.5) is 11.4 Å². The van der Waals surface area contributed by atoms with Crippen LogP contribution in [0.15, 0.2) is 66.9 Å². The van der Waals surface area contributed by atoms with Gasteiger partial charge < -0.3 is 25.4 Å². The van der Waals surface area contributed by atoms with Crippen molar-refractivity contribution in [1.29, 1.82) is 0 Å². The zero-order valence-electron chi connectivity index (χ0n) is 24.2. The molecule has 2 fully saturated rings. The van der Waals surface area contributed by atoms with Crippen molar-refractivity contribution in [3.63, 3.8) is 0 Å². The molecule has 10 heteroatoms. The van der Waals surface area contributed by atoms with E-state index in [2.05, 4.69) is 53.4 Å². The quantitative estimate of drug-likeness (QED) is 0.131. The van der Waals surface area contributed by atoms with Crippen LogP contribution in [0.25, 0.3) is 10.9 Å². The highest BCUT2D eigenvalue weighted by Crippen LogP contribution is 2.39. The first-order valence-electron chi connectivity index (χ1n) is 14.6. The topological polar surface area (TPSA) is 118 Å². The number of H-pyrrole nitrogens is 1.